The van der Waals surface area contributed by atoms with Crippen LogP contribution in [-0.4, -0.2) is 57.5 Å². The summed E-state index contributed by atoms with van der Waals surface area (Å²) in [5.41, 5.74) is 2.50. The van der Waals surface area contributed by atoms with Crippen LogP contribution in [0.1, 0.15) is 33.6 Å². The van der Waals surface area contributed by atoms with E-state index in [0.29, 0.717) is 19.3 Å². The fourth-order valence-electron chi connectivity index (χ4n) is 2.62. The summed E-state index contributed by atoms with van der Waals surface area (Å²) in [5, 5.41) is 0. The summed E-state index contributed by atoms with van der Waals surface area (Å²) in [7, 11) is 6.04. The number of ether oxygens (including phenoxy) is 2. The number of allylic oxidation sites excluding steroid dienone is 1. The number of hydrogen-bond donors (Lipinski definition) is 0. The van der Waals surface area contributed by atoms with Crippen molar-refractivity contribution in [2.24, 2.45) is 0 Å². The van der Waals surface area contributed by atoms with Crippen molar-refractivity contribution in [3.63, 3.8) is 0 Å². The highest BCUT2D eigenvalue weighted by molar-refractivity contribution is 5.81. The van der Waals surface area contributed by atoms with Crippen LogP contribution >= 0.6 is 0 Å². The molecule has 0 radical (unpaired) electrons. The molecule has 0 bridgehead atoms. The predicted octanol–water partition coefficient (Wildman–Crippen LogP) is 0.504. The number of carbonyl (C=O) groups is 1. The van der Waals surface area contributed by atoms with Gasteiger partial charge in [0.1, 0.15) is 6.04 Å². The number of halogens is 1. The van der Waals surface area contributed by atoms with Gasteiger partial charge in [-0.05, 0) is 38.8 Å². The molecule has 0 spiro atoms. The molecule has 1 unspecified atom stereocenters. The molecule has 0 aliphatic carbocycles. The molecule has 0 aliphatic heterocycles. The molecular formula is C19H34BrNO3. The Morgan fingerprint density at radius 1 is 1.29 bits per heavy atom. The van der Waals surface area contributed by atoms with Crippen molar-refractivity contribution in [2.75, 3.05) is 41.0 Å². The third-order valence-electron chi connectivity index (χ3n) is 3.94. The standard InChI is InChI=1S/C19H34NO3.BrH/c1-8-23-19(21)10-9-14-20(5,6)18(16(2)3)12-11-17(4)13-15-22-7;/h9-10,13,18H,2,8,11-12,14-15H2,1,3-7H3;1H/q+1;/p-1/b10-9+,17-13+;. The minimum absolute atomic E-state index is 0. The zero-order valence-corrected chi connectivity index (χ0v) is 17.7. The minimum atomic E-state index is -0.280. The maximum Gasteiger partial charge on any atom is 0.330 e. The van der Waals surface area contributed by atoms with E-state index >= 15 is 0 Å². The maximum atomic E-state index is 11.4. The number of methoxy groups -OCH3 is 1. The quantitative estimate of drug-likeness (QED) is 0.218. The number of quaternary nitrogens is 1. The van der Waals surface area contributed by atoms with Crippen molar-refractivity contribution < 1.29 is 35.7 Å². The lowest BCUT2D eigenvalue weighted by Crippen LogP contribution is -3.00. The predicted molar refractivity (Wildman–Crippen MR) is 96.2 cm³/mol. The van der Waals surface area contributed by atoms with E-state index in [1.54, 1.807) is 7.11 Å². The number of nitrogens with zero attached hydrogens (tertiary/aromatic N) is 1. The molecule has 0 heterocycles. The van der Waals surface area contributed by atoms with Gasteiger partial charge < -0.3 is 30.9 Å². The van der Waals surface area contributed by atoms with Crippen LogP contribution in [0.5, 0.6) is 0 Å². The van der Waals surface area contributed by atoms with Gasteiger partial charge in [-0.3, -0.25) is 0 Å². The molecule has 4 nitrogen and oxygen atoms in total. The Bertz CT molecular complexity index is 442. The van der Waals surface area contributed by atoms with E-state index < -0.39 is 0 Å². The van der Waals surface area contributed by atoms with Crippen molar-refractivity contribution in [3.05, 3.63) is 36.0 Å². The molecule has 0 aromatic rings. The van der Waals surface area contributed by atoms with Gasteiger partial charge >= 0.3 is 5.97 Å². The smallest absolute Gasteiger partial charge is 0.330 e. The van der Waals surface area contributed by atoms with Gasteiger partial charge in [0.05, 0.1) is 33.9 Å². The summed E-state index contributed by atoms with van der Waals surface area (Å²) in [5.74, 6) is -0.280. The van der Waals surface area contributed by atoms with Crippen molar-refractivity contribution in [1.29, 1.82) is 0 Å². The fourth-order valence-corrected chi connectivity index (χ4v) is 2.62. The van der Waals surface area contributed by atoms with Gasteiger partial charge in [-0.15, -0.1) is 0 Å². The van der Waals surface area contributed by atoms with Gasteiger partial charge in [0, 0.05) is 19.6 Å². The Hall–Kier alpha value is -0.910. The second-order valence-corrected chi connectivity index (χ2v) is 6.52. The normalized spacial score (nSPS) is 13.5. The Balaban J connectivity index is 0. The summed E-state index contributed by atoms with van der Waals surface area (Å²) in [6, 6.07) is 0.341. The van der Waals surface area contributed by atoms with Crippen LogP contribution in [0.25, 0.3) is 0 Å². The lowest BCUT2D eigenvalue weighted by atomic mass is 9.98. The third-order valence-corrected chi connectivity index (χ3v) is 3.94. The molecule has 0 aromatic carbocycles. The molecule has 0 saturated heterocycles. The summed E-state index contributed by atoms with van der Waals surface area (Å²) >= 11 is 0. The van der Waals surface area contributed by atoms with Crippen molar-refractivity contribution >= 4 is 5.97 Å². The second kappa shape index (κ2) is 13.4. The van der Waals surface area contributed by atoms with E-state index in [0.717, 1.165) is 23.9 Å². The van der Waals surface area contributed by atoms with Crippen LogP contribution in [0.3, 0.4) is 0 Å². The monoisotopic (exact) mass is 403 g/mol. The largest absolute Gasteiger partial charge is 1.00 e. The molecule has 0 N–H and O–H groups in total. The van der Waals surface area contributed by atoms with Crippen LogP contribution in [0.2, 0.25) is 0 Å². The summed E-state index contributed by atoms with van der Waals surface area (Å²) in [4.78, 5) is 11.4. The molecule has 0 aliphatic rings. The Morgan fingerprint density at radius 2 is 1.92 bits per heavy atom. The van der Waals surface area contributed by atoms with E-state index in [9.17, 15) is 4.79 Å². The zero-order chi connectivity index (χ0) is 17.9. The number of carbonyl (C=O) groups excluding carboxylic acids is 1. The van der Waals surface area contributed by atoms with E-state index in [-0.39, 0.29) is 23.0 Å². The highest BCUT2D eigenvalue weighted by Gasteiger charge is 2.27. The summed E-state index contributed by atoms with van der Waals surface area (Å²) in [6.45, 7) is 12.0. The highest BCUT2D eigenvalue weighted by Crippen LogP contribution is 2.21. The van der Waals surface area contributed by atoms with Gasteiger partial charge in [0.25, 0.3) is 0 Å². The first-order valence-corrected chi connectivity index (χ1v) is 8.20. The first-order chi connectivity index (χ1) is 10.7. The first-order valence-electron chi connectivity index (χ1n) is 8.20. The number of hydrogen-bond acceptors (Lipinski definition) is 3. The van der Waals surface area contributed by atoms with E-state index in [1.807, 2.05) is 13.0 Å². The van der Waals surface area contributed by atoms with Crippen LogP contribution < -0.4 is 17.0 Å². The van der Waals surface area contributed by atoms with Crippen molar-refractivity contribution in [1.82, 2.24) is 0 Å². The molecule has 0 aromatic heterocycles. The number of esters is 1. The lowest BCUT2D eigenvalue weighted by Gasteiger charge is -2.38. The van der Waals surface area contributed by atoms with Crippen LogP contribution in [0, 0.1) is 0 Å². The zero-order valence-electron chi connectivity index (χ0n) is 16.1. The van der Waals surface area contributed by atoms with E-state index in [1.165, 1.54) is 17.2 Å². The van der Waals surface area contributed by atoms with Crippen LogP contribution in [0.4, 0.5) is 0 Å². The Labute approximate surface area is 158 Å². The highest BCUT2D eigenvalue weighted by atomic mass is 79.9. The average molecular weight is 404 g/mol. The first kappa shape index (κ1) is 25.3. The number of rotatable bonds is 11. The van der Waals surface area contributed by atoms with E-state index in [2.05, 4.69) is 40.6 Å². The summed E-state index contributed by atoms with van der Waals surface area (Å²) < 4.78 is 10.8. The molecule has 24 heavy (non-hydrogen) atoms. The minimum Gasteiger partial charge on any atom is -1.00 e. The molecule has 0 fully saturated rings. The van der Waals surface area contributed by atoms with Gasteiger partial charge in [0.15, 0.2) is 0 Å². The topological polar surface area (TPSA) is 35.5 Å². The SMILES string of the molecule is C=C(C)C(CC/C(C)=C/COC)[N+](C)(C)C/C=C/C(=O)OCC.[Br-]. The van der Waals surface area contributed by atoms with Gasteiger partial charge in [-0.1, -0.05) is 18.2 Å². The molecule has 140 valence electrons. The van der Waals surface area contributed by atoms with Crippen molar-refractivity contribution in [3.8, 4) is 0 Å². The number of likely N-dealkylation sites (N-methyl/N-ethyl adjacent to an activating group) is 1. The third kappa shape index (κ3) is 10.8. The summed E-state index contributed by atoms with van der Waals surface area (Å²) in [6.07, 6.45) is 7.58. The van der Waals surface area contributed by atoms with Crippen LogP contribution in [-0.2, 0) is 14.3 Å². The second-order valence-electron chi connectivity index (χ2n) is 6.52. The van der Waals surface area contributed by atoms with Gasteiger partial charge in [-0.25, -0.2) is 4.79 Å². The van der Waals surface area contributed by atoms with Crippen LogP contribution in [0.15, 0.2) is 36.0 Å². The molecule has 0 saturated carbocycles. The molecule has 0 amide bonds. The van der Waals surface area contributed by atoms with Crippen molar-refractivity contribution in [2.45, 2.75) is 39.7 Å². The van der Waals surface area contributed by atoms with Gasteiger partial charge in [-0.2, -0.15) is 0 Å². The maximum absolute atomic E-state index is 11.4. The molecular weight excluding hydrogens is 370 g/mol. The Morgan fingerprint density at radius 3 is 2.42 bits per heavy atom. The van der Waals surface area contributed by atoms with Gasteiger partial charge in [0.2, 0.25) is 0 Å². The lowest BCUT2D eigenvalue weighted by molar-refractivity contribution is -0.904. The van der Waals surface area contributed by atoms with E-state index in [4.69, 9.17) is 9.47 Å². The molecule has 5 heteroatoms. The molecule has 1 atom stereocenters. The fraction of sp³-hybridized carbons (Fsp3) is 0.632. The Kier molecular flexibility index (Phi) is 14.1. The molecule has 0 rings (SSSR count). The average Bonchev–Trinajstić information content (AvgIpc) is 2.44.